The monoisotopic (exact) mass is 273 g/mol. The molecule has 20 heavy (non-hydrogen) atoms. The van der Waals surface area contributed by atoms with Gasteiger partial charge in [-0.15, -0.1) is 0 Å². The number of hydrogen-bond donors (Lipinski definition) is 0. The zero-order valence-electron chi connectivity index (χ0n) is 13.9. The SMILES string of the molecule is Cc1cc(CN2CCC(C(C)C)CC2)cc(C(C)C)c1. The summed E-state index contributed by atoms with van der Waals surface area (Å²) in [6, 6.07) is 7.10. The van der Waals surface area contributed by atoms with E-state index >= 15 is 0 Å². The van der Waals surface area contributed by atoms with Crippen molar-refractivity contribution in [1.29, 1.82) is 0 Å². The fraction of sp³-hybridized carbons (Fsp3) is 0.684. The zero-order chi connectivity index (χ0) is 14.7. The molecule has 0 radical (unpaired) electrons. The molecule has 2 rings (SSSR count). The Hall–Kier alpha value is -0.820. The van der Waals surface area contributed by atoms with Crippen LogP contribution >= 0.6 is 0 Å². The van der Waals surface area contributed by atoms with Gasteiger partial charge >= 0.3 is 0 Å². The van der Waals surface area contributed by atoms with Gasteiger partial charge in [-0.25, -0.2) is 0 Å². The van der Waals surface area contributed by atoms with Crippen molar-refractivity contribution in [3.05, 3.63) is 34.9 Å². The Morgan fingerprint density at radius 2 is 1.70 bits per heavy atom. The molecule has 0 unspecified atom stereocenters. The Labute approximate surface area is 125 Å². The summed E-state index contributed by atoms with van der Waals surface area (Å²) in [6.45, 7) is 15.2. The van der Waals surface area contributed by atoms with Gasteiger partial charge in [-0.3, -0.25) is 4.90 Å². The first kappa shape index (κ1) is 15.6. The minimum atomic E-state index is 0.625. The zero-order valence-corrected chi connectivity index (χ0v) is 13.9. The minimum absolute atomic E-state index is 0.625. The average Bonchev–Trinajstić information content (AvgIpc) is 2.38. The van der Waals surface area contributed by atoms with Crippen LogP contribution in [0, 0.1) is 18.8 Å². The predicted molar refractivity (Wildman–Crippen MR) is 88.1 cm³/mol. The van der Waals surface area contributed by atoms with Crippen molar-refractivity contribution in [3.63, 3.8) is 0 Å². The molecule has 1 heteroatoms. The molecular formula is C19H31N. The molecule has 1 aliphatic rings. The Balaban J connectivity index is 1.97. The molecule has 0 N–H and O–H groups in total. The normalized spacial score (nSPS) is 18.1. The van der Waals surface area contributed by atoms with Crippen LogP contribution in [0.25, 0.3) is 0 Å². The van der Waals surface area contributed by atoms with Crippen molar-refractivity contribution < 1.29 is 0 Å². The van der Waals surface area contributed by atoms with Crippen LogP contribution in [0.4, 0.5) is 0 Å². The third kappa shape index (κ3) is 4.09. The van der Waals surface area contributed by atoms with Crippen molar-refractivity contribution in [2.75, 3.05) is 13.1 Å². The van der Waals surface area contributed by atoms with E-state index < -0.39 is 0 Å². The third-order valence-electron chi connectivity index (χ3n) is 4.81. The summed E-state index contributed by atoms with van der Waals surface area (Å²) in [5.74, 6) is 2.42. The second kappa shape index (κ2) is 6.76. The second-order valence-electron chi connectivity index (χ2n) is 7.26. The van der Waals surface area contributed by atoms with Crippen molar-refractivity contribution in [2.24, 2.45) is 11.8 Å². The summed E-state index contributed by atoms with van der Waals surface area (Å²) < 4.78 is 0. The topological polar surface area (TPSA) is 3.24 Å². The number of hydrogen-bond acceptors (Lipinski definition) is 1. The molecule has 0 spiro atoms. The van der Waals surface area contributed by atoms with Gasteiger partial charge in [0, 0.05) is 6.54 Å². The molecule has 1 heterocycles. The van der Waals surface area contributed by atoms with Gasteiger partial charge in [-0.2, -0.15) is 0 Å². The Bertz CT molecular complexity index is 425. The maximum absolute atomic E-state index is 2.64. The highest BCUT2D eigenvalue weighted by molar-refractivity contribution is 5.31. The van der Waals surface area contributed by atoms with Gasteiger partial charge in [-0.1, -0.05) is 51.5 Å². The summed E-state index contributed by atoms with van der Waals surface area (Å²) >= 11 is 0. The van der Waals surface area contributed by atoms with Crippen LogP contribution in [0.2, 0.25) is 0 Å². The van der Waals surface area contributed by atoms with E-state index in [2.05, 4.69) is 57.7 Å². The third-order valence-corrected chi connectivity index (χ3v) is 4.81. The predicted octanol–water partition coefficient (Wildman–Crippen LogP) is 4.99. The standard InChI is InChI=1S/C19H31N/c1-14(2)18-6-8-20(9-7-18)13-17-10-16(5)11-19(12-17)15(3)4/h10-12,14-15,18H,6-9,13H2,1-5H3. The lowest BCUT2D eigenvalue weighted by Crippen LogP contribution is -2.34. The summed E-state index contributed by atoms with van der Waals surface area (Å²) in [5.41, 5.74) is 4.39. The van der Waals surface area contributed by atoms with E-state index in [0.29, 0.717) is 5.92 Å². The highest BCUT2D eigenvalue weighted by Crippen LogP contribution is 2.26. The first-order valence-corrected chi connectivity index (χ1v) is 8.28. The molecule has 1 nitrogen and oxygen atoms in total. The second-order valence-corrected chi connectivity index (χ2v) is 7.26. The smallest absolute Gasteiger partial charge is 0.0233 e. The van der Waals surface area contributed by atoms with Crippen LogP contribution in [0.5, 0.6) is 0 Å². The molecule has 112 valence electrons. The quantitative estimate of drug-likeness (QED) is 0.747. The van der Waals surface area contributed by atoms with Gasteiger partial charge in [-0.05, 0) is 61.7 Å². The molecule has 1 aromatic carbocycles. The number of rotatable bonds is 4. The van der Waals surface area contributed by atoms with Crippen LogP contribution in [-0.2, 0) is 6.54 Å². The Morgan fingerprint density at radius 3 is 2.25 bits per heavy atom. The van der Waals surface area contributed by atoms with Crippen LogP contribution in [-0.4, -0.2) is 18.0 Å². The molecule has 0 aliphatic carbocycles. The minimum Gasteiger partial charge on any atom is -0.299 e. The number of benzene rings is 1. The number of aryl methyl sites for hydroxylation is 1. The van der Waals surface area contributed by atoms with Crippen molar-refractivity contribution in [2.45, 2.75) is 59.9 Å². The summed E-state index contributed by atoms with van der Waals surface area (Å²) in [4.78, 5) is 2.64. The van der Waals surface area contributed by atoms with Gasteiger partial charge in [0.25, 0.3) is 0 Å². The van der Waals surface area contributed by atoms with E-state index in [-0.39, 0.29) is 0 Å². The first-order chi connectivity index (χ1) is 9.45. The molecule has 1 fully saturated rings. The van der Waals surface area contributed by atoms with Crippen molar-refractivity contribution in [1.82, 2.24) is 4.90 Å². The van der Waals surface area contributed by atoms with Crippen LogP contribution in [0.1, 0.15) is 63.1 Å². The highest BCUT2D eigenvalue weighted by atomic mass is 15.1. The van der Waals surface area contributed by atoms with Gasteiger partial charge in [0.1, 0.15) is 0 Å². The largest absolute Gasteiger partial charge is 0.299 e. The highest BCUT2D eigenvalue weighted by Gasteiger charge is 2.21. The molecule has 1 aromatic rings. The Morgan fingerprint density at radius 1 is 1.05 bits per heavy atom. The van der Waals surface area contributed by atoms with Crippen LogP contribution in [0.3, 0.4) is 0 Å². The average molecular weight is 273 g/mol. The van der Waals surface area contributed by atoms with E-state index in [0.717, 1.165) is 18.4 Å². The molecule has 0 aromatic heterocycles. The molecule has 0 saturated carbocycles. The number of likely N-dealkylation sites (tertiary alicyclic amines) is 1. The summed E-state index contributed by atoms with van der Waals surface area (Å²) in [7, 11) is 0. The van der Waals surface area contributed by atoms with Crippen LogP contribution < -0.4 is 0 Å². The molecule has 1 aliphatic heterocycles. The van der Waals surface area contributed by atoms with Gasteiger partial charge < -0.3 is 0 Å². The molecular weight excluding hydrogens is 242 g/mol. The maximum Gasteiger partial charge on any atom is 0.0233 e. The Kier molecular flexibility index (Phi) is 5.26. The summed E-state index contributed by atoms with van der Waals surface area (Å²) in [5, 5.41) is 0. The number of nitrogens with zero attached hydrogens (tertiary/aromatic N) is 1. The van der Waals surface area contributed by atoms with Crippen LogP contribution in [0.15, 0.2) is 18.2 Å². The molecule has 0 bridgehead atoms. The first-order valence-electron chi connectivity index (χ1n) is 8.28. The van der Waals surface area contributed by atoms with Crippen molar-refractivity contribution in [3.8, 4) is 0 Å². The van der Waals surface area contributed by atoms with Gasteiger partial charge in [0.15, 0.2) is 0 Å². The van der Waals surface area contributed by atoms with E-state index in [9.17, 15) is 0 Å². The molecule has 0 amide bonds. The van der Waals surface area contributed by atoms with E-state index in [1.807, 2.05) is 0 Å². The van der Waals surface area contributed by atoms with Gasteiger partial charge in [0.05, 0.1) is 0 Å². The van der Waals surface area contributed by atoms with Crippen molar-refractivity contribution >= 4 is 0 Å². The lowest BCUT2D eigenvalue weighted by molar-refractivity contribution is 0.152. The van der Waals surface area contributed by atoms with E-state index in [1.165, 1.54) is 42.6 Å². The fourth-order valence-corrected chi connectivity index (χ4v) is 3.35. The van der Waals surface area contributed by atoms with Gasteiger partial charge in [0.2, 0.25) is 0 Å². The lowest BCUT2D eigenvalue weighted by atomic mass is 9.86. The molecule has 1 saturated heterocycles. The van der Waals surface area contributed by atoms with E-state index in [1.54, 1.807) is 0 Å². The summed E-state index contributed by atoms with van der Waals surface area (Å²) in [6.07, 6.45) is 2.75. The molecule has 0 atom stereocenters. The lowest BCUT2D eigenvalue weighted by Gasteiger charge is -2.34. The fourth-order valence-electron chi connectivity index (χ4n) is 3.35. The number of piperidine rings is 1. The van der Waals surface area contributed by atoms with E-state index in [4.69, 9.17) is 0 Å². The maximum atomic E-state index is 2.64.